The standard InChI is InChI=1S/C13H10BrNO4S/c1-6-10(13(16)17-2)15-12(20-6)7-3-8(14)11-9(4-7)18-5-19-11/h3-4H,5H2,1-2H3. The summed E-state index contributed by atoms with van der Waals surface area (Å²) >= 11 is 4.88. The number of ether oxygens (including phenoxy) is 3. The van der Waals surface area contributed by atoms with Gasteiger partial charge in [-0.05, 0) is 35.0 Å². The van der Waals surface area contributed by atoms with Crippen molar-refractivity contribution in [2.24, 2.45) is 0 Å². The molecule has 5 nitrogen and oxygen atoms in total. The van der Waals surface area contributed by atoms with Gasteiger partial charge in [0.05, 0.1) is 11.6 Å². The number of benzene rings is 1. The van der Waals surface area contributed by atoms with Crippen molar-refractivity contribution in [2.45, 2.75) is 6.92 Å². The summed E-state index contributed by atoms with van der Waals surface area (Å²) in [6, 6.07) is 3.75. The molecular weight excluding hydrogens is 346 g/mol. The van der Waals surface area contributed by atoms with Crippen LogP contribution in [0.2, 0.25) is 0 Å². The number of hydrogen-bond donors (Lipinski definition) is 0. The maximum atomic E-state index is 11.6. The zero-order valence-electron chi connectivity index (χ0n) is 10.7. The van der Waals surface area contributed by atoms with Crippen LogP contribution in [0.3, 0.4) is 0 Å². The van der Waals surface area contributed by atoms with E-state index >= 15 is 0 Å². The average Bonchev–Trinajstić information content (AvgIpc) is 3.04. The Labute approximate surface area is 127 Å². The van der Waals surface area contributed by atoms with Crippen molar-refractivity contribution in [1.29, 1.82) is 0 Å². The molecule has 2 aromatic rings. The zero-order chi connectivity index (χ0) is 14.3. The summed E-state index contributed by atoms with van der Waals surface area (Å²) in [6.07, 6.45) is 0. The van der Waals surface area contributed by atoms with E-state index in [0.717, 1.165) is 19.9 Å². The second-order valence-corrected chi connectivity index (χ2v) is 6.16. The minimum atomic E-state index is -0.426. The third-order valence-electron chi connectivity index (χ3n) is 2.85. The van der Waals surface area contributed by atoms with Crippen LogP contribution >= 0.6 is 27.3 Å². The molecule has 0 spiro atoms. The van der Waals surface area contributed by atoms with Crippen molar-refractivity contribution in [3.05, 3.63) is 27.2 Å². The Morgan fingerprint density at radius 3 is 3.00 bits per heavy atom. The van der Waals surface area contributed by atoms with Gasteiger partial charge in [-0.15, -0.1) is 11.3 Å². The van der Waals surface area contributed by atoms with Gasteiger partial charge in [0.25, 0.3) is 0 Å². The van der Waals surface area contributed by atoms with Crippen LogP contribution < -0.4 is 9.47 Å². The molecule has 0 aliphatic carbocycles. The Hall–Kier alpha value is -1.60. The van der Waals surface area contributed by atoms with Gasteiger partial charge in [-0.2, -0.15) is 0 Å². The highest BCUT2D eigenvalue weighted by atomic mass is 79.9. The lowest BCUT2D eigenvalue weighted by atomic mass is 10.2. The summed E-state index contributed by atoms with van der Waals surface area (Å²) in [5, 5.41) is 0.738. The van der Waals surface area contributed by atoms with Crippen LogP contribution in [0.15, 0.2) is 16.6 Å². The lowest BCUT2D eigenvalue weighted by molar-refractivity contribution is 0.0594. The van der Waals surface area contributed by atoms with Gasteiger partial charge >= 0.3 is 5.97 Å². The Bertz CT molecular complexity index is 698. The van der Waals surface area contributed by atoms with Crippen LogP contribution in [0.1, 0.15) is 15.4 Å². The maximum Gasteiger partial charge on any atom is 0.357 e. The molecule has 0 saturated heterocycles. The van der Waals surface area contributed by atoms with Crippen LogP contribution in [0.25, 0.3) is 10.6 Å². The van der Waals surface area contributed by atoms with E-state index in [1.807, 2.05) is 19.1 Å². The van der Waals surface area contributed by atoms with Gasteiger partial charge in [-0.1, -0.05) is 0 Å². The smallest absolute Gasteiger partial charge is 0.357 e. The molecule has 1 aliphatic rings. The largest absolute Gasteiger partial charge is 0.464 e. The van der Waals surface area contributed by atoms with Crippen molar-refractivity contribution < 1.29 is 19.0 Å². The lowest BCUT2D eigenvalue weighted by Crippen LogP contribution is -2.03. The molecule has 7 heteroatoms. The minimum absolute atomic E-state index is 0.210. The quantitative estimate of drug-likeness (QED) is 0.772. The zero-order valence-corrected chi connectivity index (χ0v) is 13.1. The number of rotatable bonds is 2. The van der Waals surface area contributed by atoms with Gasteiger partial charge < -0.3 is 14.2 Å². The molecule has 0 N–H and O–H groups in total. The number of methoxy groups -OCH3 is 1. The Kier molecular flexibility index (Phi) is 3.39. The molecule has 2 heterocycles. The molecule has 1 aromatic carbocycles. The van der Waals surface area contributed by atoms with Crippen molar-refractivity contribution in [3.63, 3.8) is 0 Å². The molecule has 0 amide bonds. The number of carbonyl (C=O) groups is 1. The molecule has 3 rings (SSSR count). The fourth-order valence-electron chi connectivity index (χ4n) is 1.90. The fourth-order valence-corrected chi connectivity index (χ4v) is 3.34. The molecule has 0 radical (unpaired) electrons. The number of halogens is 1. The van der Waals surface area contributed by atoms with E-state index in [9.17, 15) is 4.79 Å². The van der Waals surface area contributed by atoms with Gasteiger partial charge in [0.1, 0.15) is 5.01 Å². The van der Waals surface area contributed by atoms with Crippen molar-refractivity contribution >= 4 is 33.2 Å². The van der Waals surface area contributed by atoms with E-state index in [1.165, 1.54) is 18.4 Å². The summed E-state index contributed by atoms with van der Waals surface area (Å²) in [5.74, 6) is 0.932. The first-order valence-corrected chi connectivity index (χ1v) is 7.36. The van der Waals surface area contributed by atoms with Crippen LogP contribution in [-0.4, -0.2) is 24.9 Å². The third kappa shape index (κ3) is 2.16. The number of fused-ring (bicyclic) bond motifs is 1. The minimum Gasteiger partial charge on any atom is -0.464 e. The summed E-state index contributed by atoms with van der Waals surface area (Å²) in [7, 11) is 1.35. The van der Waals surface area contributed by atoms with E-state index in [4.69, 9.17) is 14.2 Å². The summed E-state index contributed by atoms with van der Waals surface area (Å²) in [6.45, 7) is 2.05. The number of hydrogen-bond acceptors (Lipinski definition) is 6. The van der Waals surface area contributed by atoms with E-state index in [-0.39, 0.29) is 6.79 Å². The van der Waals surface area contributed by atoms with Gasteiger partial charge in [0.2, 0.25) is 6.79 Å². The SMILES string of the molecule is COC(=O)c1nc(-c2cc(Br)c3c(c2)OCO3)sc1C. The summed E-state index contributed by atoms with van der Waals surface area (Å²) in [4.78, 5) is 16.8. The van der Waals surface area contributed by atoms with Crippen molar-refractivity contribution in [3.8, 4) is 22.1 Å². The summed E-state index contributed by atoms with van der Waals surface area (Å²) < 4.78 is 16.2. The molecule has 0 fully saturated rings. The molecule has 104 valence electrons. The normalized spacial score (nSPS) is 12.6. The van der Waals surface area contributed by atoms with Crippen LogP contribution in [0.5, 0.6) is 11.5 Å². The van der Waals surface area contributed by atoms with Crippen LogP contribution in [-0.2, 0) is 4.74 Å². The predicted octanol–water partition coefficient (Wildman–Crippen LogP) is 3.40. The maximum absolute atomic E-state index is 11.6. The number of carbonyl (C=O) groups excluding carboxylic acids is 1. The Balaban J connectivity index is 2.06. The Morgan fingerprint density at radius 2 is 2.25 bits per heavy atom. The van der Waals surface area contributed by atoms with Gasteiger partial charge in [-0.3, -0.25) is 0 Å². The number of aryl methyl sites for hydroxylation is 1. The molecule has 20 heavy (non-hydrogen) atoms. The fraction of sp³-hybridized carbons (Fsp3) is 0.231. The highest BCUT2D eigenvalue weighted by Crippen LogP contribution is 2.43. The second kappa shape index (κ2) is 5.06. The van der Waals surface area contributed by atoms with Gasteiger partial charge in [0.15, 0.2) is 17.2 Å². The topological polar surface area (TPSA) is 57.7 Å². The van der Waals surface area contributed by atoms with Gasteiger partial charge in [-0.25, -0.2) is 9.78 Å². The predicted molar refractivity (Wildman–Crippen MR) is 77.4 cm³/mol. The van der Waals surface area contributed by atoms with E-state index in [2.05, 4.69) is 20.9 Å². The highest BCUT2D eigenvalue weighted by molar-refractivity contribution is 9.10. The molecule has 1 aromatic heterocycles. The number of nitrogens with zero attached hydrogens (tertiary/aromatic N) is 1. The first-order valence-electron chi connectivity index (χ1n) is 5.75. The number of esters is 1. The first kappa shape index (κ1) is 13.4. The lowest BCUT2D eigenvalue weighted by Gasteiger charge is -2.02. The molecule has 1 aliphatic heterocycles. The van der Waals surface area contributed by atoms with Crippen LogP contribution in [0, 0.1) is 6.92 Å². The van der Waals surface area contributed by atoms with Gasteiger partial charge in [0, 0.05) is 10.4 Å². The number of thiazole rings is 1. The molecular formula is C13H10BrNO4S. The number of aromatic nitrogens is 1. The van der Waals surface area contributed by atoms with E-state index in [1.54, 1.807) is 0 Å². The van der Waals surface area contributed by atoms with Crippen LogP contribution in [0.4, 0.5) is 0 Å². The van der Waals surface area contributed by atoms with E-state index < -0.39 is 5.97 Å². The van der Waals surface area contributed by atoms with Crippen molar-refractivity contribution in [1.82, 2.24) is 4.98 Å². The van der Waals surface area contributed by atoms with E-state index in [0.29, 0.717) is 17.2 Å². The second-order valence-electron chi connectivity index (χ2n) is 4.11. The summed E-state index contributed by atoms with van der Waals surface area (Å²) in [5.41, 5.74) is 1.21. The first-order chi connectivity index (χ1) is 9.60. The molecule has 0 saturated carbocycles. The average molecular weight is 356 g/mol. The van der Waals surface area contributed by atoms with Crippen molar-refractivity contribution in [2.75, 3.05) is 13.9 Å². The Morgan fingerprint density at radius 1 is 1.45 bits per heavy atom. The molecule has 0 unspecified atom stereocenters. The highest BCUT2D eigenvalue weighted by Gasteiger charge is 2.21. The third-order valence-corrected chi connectivity index (χ3v) is 4.46. The monoisotopic (exact) mass is 355 g/mol. The molecule has 0 bridgehead atoms. The molecule has 0 atom stereocenters.